The Morgan fingerprint density at radius 3 is 2.46 bits per heavy atom. The fraction of sp³-hybridized carbons (Fsp3) is 0.238. The van der Waals surface area contributed by atoms with Crippen LogP contribution in [0.2, 0.25) is 0 Å². The average molecular weight is 532 g/mol. The van der Waals surface area contributed by atoms with E-state index in [0.717, 1.165) is 17.0 Å². The van der Waals surface area contributed by atoms with E-state index in [4.69, 9.17) is 4.65 Å². The van der Waals surface area contributed by atoms with Crippen molar-refractivity contribution in [2.45, 2.75) is 18.4 Å². The molecule has 7 N–H and O–H groups in total. The van der Waals surface area contributed by atoms with Crippen molar-refractivity contribution in [2.75, 3.05) is 13.1 Å². The van der Waals surface area contributed by atoms with E-state index in [0.29, 0.717) is 5.56 Å². The molecule has 2 aromatic carbocycles. The van der Waals surface area contributed by atoms with E-state index in [9.17, 15) is 43.7 Å². The molecule has 0 aromatic heterocycles. The van der Waals surface area contributed by atoms with Crippen LogP contribution in [0.5, 0.6) is 5.75 Å². The summed E-state index contributed by atoms with van der Waals surface area (Å²) in [5, 5.41) is 27.0. The number of carboxylic acids is 1. The number of carbonyl (C=O) groups is 4. The Hall–Kier alpha value is -3.91. The van der Waals surface area contributed by atoms with Gasteiger partial charge < -0.3 is 40.5 Å². The molecule has 194 valence electrons. The van der Waals surface area contributed by atoms with Gasteiger partial charge in [-0.15, -0.1) is 0 Å². The Bertz CT molecular complexity index is 1300. The number of aromatic carboxylic acids is 1. The van der Waals surface area contributed by atoms with Crippen molar-refractivity contribution in [3.8, 4) is 5.75 Å². The molecule has 0 radical (unpaired) electrons. The Kier molecular flexibility index (Phi) is 7.23. The summed E-state index contributed by atoms with van der Waals surface area (Å²) in [4.78, 5) is 68.9. The van der Waals surface area contributed by atoms with Crippen LogP contribution in [-0.4, -0.2) is 74.9 Å². The molecular formula is C21H22BN4O10P. The zero-order valence-electron chi connectivity index (χ0n) is 19.0. The van der Waals surface area contributed by atoms with Gasteiger partial charge in [-0.25, -0.2) is 19.3 Å². The number of urea groups is 2. The fourth-order valence-corrected chi connectivity index (χ4v) is 4.55. The van der Waals surface area contributed by atoms with Gasteiger partial charge in [-0.3, -0.25) is 9.36 Å². The molecule has 2 aromatic rings. The lowest BCUT2D eigenvalue weighted by Crippen LogP contribution is -2.56. The van der Waals surface area contributed by atoms with Gasteiger partial charge in [-0.2, -0.15) is 0 Å². The first-order valence-corrected chi connectivity index (χ1v) is 12.6. The third kappa shape index (κ3) is 5.59. The molecule has 0 saturated carbocycles. The van der Waals surface area contributed by atoms with E-state index in [-0.39, 0.29) is 41.7 Å². The number of nitrogens with one attached hydrogen (secondary N) is 3. The molecule has 0 aliphatic carbocycles. The summed E-state index contributed by atoms with van der Waals surface area (Å²) in [6, 6.07) is 6.12. The molecule has 14 nitrogen and oxygen atoms in total. The quantitative estimate of drug-likeness (QED) is 0.180. The summed E-state index contributed by atoms with van der Waals surface area (Å²) in [5.41, 5.74) is 0.416. The van der Waals surface area contributed by atoms with Crippen molar-refractivity contribution in [1.82, 2.24) is 20.9 Å². The molecule has 37 heavy (non-hydrogen) atoms. The molecule has 1 saturated heterocycles. The first kappa shape index (κ1) is 26.2. The van der Waals surface area contributed by atoms with Crippen LogP contribution in [0.4, 0.5) is 9.59 Å². The number of amides is 5. The molecule has 0 bridgehead atoms. The molecule has 1 unspecified atom stereocenters. The van der Waals surface area contributed by atoms with Crippen LogP contribution in [0.25, 0.3) is 0 Å². The predicted molar refractivity (Wildman–Crippen MR) is 127 cm³/mol. The first-order chi connectivity index (χ1) is 17.5. The molecule has 2 aliphatic rings. The smallest absolute Gasteiger partial charge is 0.534 e. The van der Waals surface area contributed by atoms with Gasteiger partial charge in [0.1, 0.15) is 11.8 Å². The molecule has 5 amide bonds. The van der Waals surface area contributed by atoms with Gasteiger partial charge in [0.15, 0.2) is 0 Å². The van der Waals surface area contributed by atoms with Crippen molar-refractivity contribution in [3.63, 3.8) is 0 Å². The SMILES string of the molecule is O=C(O)c1cccc2c1OB(O)[C@@H](NC(=O)C(NC(=O)N1CCNC1=O)c1ccc(P(=O)(O)O)cc1)C2. The largest absolute Gasteiger partial charge is 0.547 e. The van der Waals surface area contributed by atoms with Crippen molar-refractivity contribution in [2.24, 2.45) is 0 Å². The Labute approximate surface area is 209 Å². The second-order valence-electron chi connectivity index (χ2n) is 8.33. The van der Waals surface area contributed by atoms with Crippen molar-refractivity contribution < 1.29 is 48.3 Å². The highest BCUT2D eigenvalue weighted by atomic mass is 31.2. The fourth-order valence-electron chi connectivity index (χ4n) is 4.01. The summed E-state index contributed by atoms with van der Waals surface area (Å²) in [7, 11) is -6.18. The van der Waals surface area contributed by atoms with Crippen molar-refractivity contribution in [1.29, 1.82) is 0 Å². The highest BCUT2D eigenvalue weighted by Crippen LogP contribution is 2.33. The maximum absolute atomic E-state index is 13.3. The van der Waals surface area contributed by atoms with Gasteiger partial charge in [0.2, 0.25) is 5.91 Å². The molecular weight excluding hydrogens is 510 g/mol. The second kappa shape index (κ2) is 10.2. The Morgan fingerprint density at radius 1 is 1.16 bits per heavy atom. The maximum Gasteiger partial charge on any atom is 0.547 e. The number of nitrogens with zero attached hydrogens (tertiary/aromatic N) is 1. The molecule has 1 fully saturated rings. The number of rotatable bonds is 6. The molecule has 2 heterocycles. The number of benzene rings is 2. The lowest BCUT2D eigenvalue weighted by molar-refractivity contribution is -0.123. The summed E-state index contributed by atoms with van der Waals surface area (Å²) >= 11 is 0. The van der Waals surface area contributed by atoms with Gasteiger partial charge >= 0.3 is 32.7 Å². The number of carbonyl (C=O) groups excluding carboxylic acids is 3. The minimum Gasteiger partial charge on any atom is -0.534 e. The third-order valence-corrected chi connectivity index (χ3v) is 6.84. The van der Waals surface area contributed by atoms with E-state index in [1.54, 1.807) is 6.07 Å². The average Bonchev–Trinajstić information content (AvgIpc) is 3.27. The normalized spacial score (nSPS) is 17.8. The number of hydrogen-bond acceptors (Lipinski definition) is 7. The highest BCUT2D eigenvalue weighted by Gasteiger charge is 2.40. The maximum atomic E-state index is 13.3. The minimum absolute atomic E-state index is 0.00962. The zero-order valence-corrected chi connectivity index (χ0v) is 19.9. The van der Waals surface area contributed by atoms with E-state index in [2.05, 4.69) is 16.0 Å². The summed E-state index contributed by atoms with van der Waals surface area (Å²) in [5.74, 6) is -3.12. The van der Waals surface area contributed by atoms with Crippen LogP contribution in [-0.2, 0) is 15.8 Å². The number of carboxylic acid groups (broad SMARTS) is 1. The summed E-state index contributed by atoms with van der Waals surface area (Å²) < 4.78 is 16.9. The van der Waals surface area contributed by atoms with Gasteiger partial charge in [0.25, 0.3) is 0 Å². The van der Waals surface area contributed by atoms with E-state index in [1.807, 2.05) is 0 Å². The topological polar surface area (TPSA) is 215 Å². The van der Waals surface area contributed by atoms with Crippen LogP contribution < -0.4 is 25.9 Å². The van der Waals surface area contributed by atoms with Gasteiger partial charge in [0.05, 0.1) is 16.8 Å². The second-order valence-corrected chi connectivity index (χ2v) is 9.93. The lowest BCUT2D eigenvalue weighted by Gasteiger charge is -2.30. The van der Waals surface area contributed by atoms with Crippen molar-refractivity contribution >= 4 is 44.0 Å². The van der Waals surface area contributed by atoms with Gasteiger partial charge in [0, 0.05) is 13.1 Å². The van der Waals surface area contributed by atoms with Crippen LogP contribution in [0.1, 0.15) is 27.5 Å². The van der Waals surface area contributed by atoms with E-state index in [1.165, 1.54) is 24.3 Å². The number of hydrogen-bond donors (Lipinski definition) is 7. The molecule has 4 rings (SSSR count). The van der Waals surface area contributed by atoms with E-state index >= 15 is 0 Å². The van der Waals surface area contributed by atoms with Crippen molar-refractivity contribution in [3.05, 3.63) is 59.2 Å². The first-order valence-electron chi connectivity index (χ1n) is 11.0. The molecule has 2 atom stereocenters. The Morgan fingerprint density at radius 2 is 1.86 bits per heavy atom. The monoisotopic (exact) mass is 532 g/mol. The zero-order chi connectivity index (χ0) is 26.9. The van der Waals surface area contributed by atoms with Gasteiger partial charge in [-0.1, -0.05) is 24.3 Å². The third-order valence-electron chi connectivity index (χ3n) is 5.87. The molecule has 16 heteroatoms. The standard InChI is InChI=1S/C21H22BN4O10P/c27-18(24-15-10-12-2-1-3-14(19(28)29)17(12)36-22(15)32)16(25-21(31)26-9-8-23-20(26)30)11-4-6-13(7-5-11)37(33,34)35/h1-7,15-16,32H,8-10H2,(H,23,30)(H,24,27)(H,25,31)(H,28,29)(H2,33,34,35)/t15-,16?/m0/s1. The Balaban J connectivity index is 1.58. The molecule has 2 aliphatic heterocycles. The molecule has 0 spiro atoms. The van der Waals surface area contributed by atoms with Crippen LogP contribution in [0.3, 0.4) is 0 Å². The van der Waals surface area contributed by atoms with E-state index < -0.39 is 50.6 Å². The van der Waals surface area contributed by atoms with Crippen LogP contribution >= 0.6 is 7.60 Å². The predicted octanol–water partition coefficient (Wildman–Crippen LogP) is -0.897. The number of para-hydroxylation sites is 1. The summed E-state index contributed by atoms with van der Waals surface area (Å²) in [6.07, 6.45) is 0.00962. The minimum atomic E-state index is -4.56. The van der Waals surface area contributed by atoms with Crippen LogP contribution in [0.15, 0.2) is 42.5 Å². The number of fused-ring (bicyclic) bond motifs is 1. The summed E-state index contributed by atoms with van der Waals surface area (Å²) in [6.45, 7) is 0.289. The number of imide groups is 1. The van der Waals surface area contributed by atoms with Crippen LogP contribution in [0, 0.1) is 0 Å². The lowest BCUT2D eigenvalue weighted by atomic mass is 9.72. The van der Waals surface area contributed by atoms with Gasteiger partial charge in [-0.05, 0) is 35.7 Å². The highest BCUT2D eigenvalue weighted by molar-refractivity contribution is 7.60.